The molecule has 20 heteroatoms. The van der Waals surface area contributed by atoms with Crippen LogP contribution in [-0.2, 0) is 22.3 Å². The molecule has 18 nitrogen and oxygen atoms in total. The van der Waals surface area contributed by atoms with Gasteiger partial charge in [-0.15, -0.1) is 20.4 Å². The second-order valence-electron chi connectivity index (χ2n) is 12.1. The molecule has 0 saturated heterocycles. The van der Waals surface area contributed by atoms with Crippen molar-refractivity contribution in [2.45, 2.75) is 19.3 Å². The van der Waals surface area contributed by atoms with E-state index in [4.69, 9.17) is 20.9 Å². The number of carbonyl (C=O) groups is 4. The fraction of sp³-hybridized carbons (Fsp3) is 0.189. The lowest BCUT2D eigenvalue weighted by atomic mass is 9.99. The molecule has 2 amide bonds. The number of esters is 2. The molecule has 0 radical (unpaired) electrons. The van der Waals surface area contributed by atoms with Crippen molar-refractivity contribution in [3.8, 4) is 11.6 Å². The average molecular weight is 781 g/mol. The molecule has 4 heterocycles. The first kappa shape index (κ1) is 39.4. The first-order valence-corrected chi connectivity index (χ1v) is 17.3. The van der Waals surface area contributed by atoms with Crippen LogP contribution in [0.15, 0.2) is 86.0 Å². The fourth-order valence-corrected chi connectivity index (χ4v) is 5.42. The molecule has 0 saturated carbocycles. The minimum absolute atomic E-state index is 0.00647. The normalized spacial score (nSPS) is 10.9. The van der Waals surface area contributed by atoms with Gasteiger partial charge in [0.25, 0.3) is 11.8 Å². The average Bonchev–Trinajstić information content (AvgIpc) is 3.97. The van der Waals surface area contributed by atoms with Crippen LogP contribution < -0.4 is 22.1 Å². The van der Waals surface area contributed by atoms with Crippen LogP contribution in [0.2, 0.25) is 0 Å². The molecule has 4 aromatic heterocycles. The summed E-state index contributed by atoms with van der Waals surface area (Å²) in [6, 6.07) is 10.3. The Labute approximate surface area is 322 Å². The second-order valence-corrected chi connectivity index (χ2v) is 12.1. The highest BCUT2D eigenvalue weighted by Gasteiger charge is 2.23. The van der Waals surface area contributed by atoms with Crippen molar-refractivity contribution >= 4 is 35.1 Å². The van der Waals surface area contributed by atoms with E-state index in [1.807, 2.05) is 0 Å². The first-order valence-electron chi connectivity index (χ1n) is 17.3. The SMILES string of the molecule is NCCOC(=O)c1cc(F)c(CCCc2cc(NC(=O)c3ccc(-n4ccnc4)nn3)c(C(=O)OCCN)cc2F)cc1NC(=O)c1ccc(-n2ccnc2)nn1. The molecule has 0 aliphatic carbocycles. The van der Waals surface area contributed by atoms with Gasteiger partial charge in [-0.2, -0.15) is 0 Å². The van der Waals surface area contributed by atoms with E-state index >= 15 is 8.78 Å². The summed E-state index contributed by atoms with van der Waals surface area (Å²) in [6.07, 6.45) is 9.55. The van der Waals surface area contributed by atoms with E-state index in [1.165, 1.54) is 49.1 Å². The van der Waals surface area contributed by atoms with Crippen molar-refractivity contribution in [3.05, 3.63) is 131 Å². The van der Waals surface area contributed by atoms with Gasteiger partial charge in [-0.1, -0.05) is 0 Å². The molecule has 292 valence electrons. The third-order valence-electron chi connectivity index (χ3n) is 8.21. The second kappa shape index (κ2) is 18.3. The number of hydrogen-bond donors (Lipinski definition) is 4. The molecule has 0 aliphatic heterocycles. The van der Waals surface area contributed by atoms with Gasteiger partial charge < -0.3 is 31.6 Å². The quantitative estimate of drug-likeness (QED) is 0.103. The highest BCUT2D eigenvalue weighted by molar-refractivity contribution is 6.08. The van der Waals surface area contributed by atoms with Crippen molar-refractivity contribution in [1.29, 1.82) is 0 Å². The highest BCUT2D eigenvalue weighted by atomic mass is 19.1. The van der Waals surface area contributed by atoms with Crippen LogP contribution in [0, 0.1) is 11.6 Å². The number of aryl methyl sites for hydroxylation is 2. The van der Waals surface area contributed by atoms with E-state index in [-0.39, 0.29) is 90.6 Å². The predicted molar refractivity (Wildman–Crippen MR) is 198 cm³/mol. The van der Waals surface area contributed by atoms with E-state index in [1.54, 1.807) is 33.9 Å². The van der Waals surface area contributed by atoms with Crippen LogP contribution in [0.25, 0.3) is 11.6 Å². The molecule has 57 heavy (non-hydrogen) atoms. The number of nitrogens with two attached hydrogens (primary N) is 2. The van der Waals surface area contributed by atoms with Gasteiger partial charge in [-0.3, -0.25) is 18.7 Å². The maximum Gasteiger partial charge on any atom is 0.340 e. The zero-order valence-corrected chi connectivity index (χ0v) is 30.0. The smallest absolute Gasteiger partial charge is 0.340 e. The largest absolute Gasteiger partial charge is 0.461 e. The van der Waals surface area contributed by atoms with Crippen LogP contribution in [0.5, 0.6) is 0 Å². The van der Waals surface area contributed by atoms with E-state index < -0.39 is 35.4 Å². The van der Waals surface area contributed by atoms with E-state index in [0.717, 1.165) is 12.1 Å². The first-order chi connectivity index (χ1) is 27.6. The number of hydrogen-bond acceptors (Lipinski definition) is 14. The molecule has 2 aromatic carbocycles. The lowest BCUT2D eigenvalue weighted by Crippen LogP contribution is -2.20. The monoisotopic (exact) mass is 780 g/mol. The van der Waals surface area contributed by atoms with E-state index in [2.05, 4.69) is 41.0 Å². The standard InChI is InChI=1S/C37H34F2N12O6/c38-26-18-24(36(54)56-14-8-40)30(44-34(52)28-4-6-32(48-46-28)50-12-10-42-20-50)16-22(26)2-1-3-23-17-31(25(19-27(23)39)37(55)57-15-9-41)45-35(53)29-5-7-33(49-47-29)51-13-11-43-21-51/h4-7,10-13,16-21H,1-3,8-9,14-15,40-41H2,(H,44,52)(H,45,53). The minimum Gasteiger partial charge on any atom is -0.461 e. The van der Waals surface area contributed by atoms with Crippen LogP contribution in [0.4, 0.5) is 20.2 Å². The van der Waals surface area contributed by atoms with E-state index in [9.17, 15) is 19.2 Å². The van der Waals surface area contributed by atoms with Crippen LogP contribution in [-0.4, -0.2) is 89.6 Å². The third kappa shape index (κ3) is 9.68. The number of halogens is 2. The van der Waals surface area contributed by atoms with Gasteiger partial charge in [0, 0.05) is 37.9 Å². The van der Waals surface area contributed by atoms with Crippen LogP contribution in [0.1, 0.15) is 59.2 Å². The third-order valence-corrected chi connectivity index (χ3v) is 8.21. The molecule has 6 rings (SSSR count). The number of imidazole rings is 2. The summed E-state index contributed by atoms with van der Waals surface area (Å²) in [5.74, 6) is -4.12. The zero-order valence-electron chi connectivity index (χ0n) is 30.0. The molecule has 0 bridgehead atoms. The number of aromatic nitrogens is 8. The molecule has 0 spiro atoms. The number of rotatable bonds is 16. The molecule has 0 fully saturated rings. The van der Waals surface area contributed by atoms with Crippen molar-refractivity contribution in [2.75, 3.05) is 36.9 Å². The van der Waals surface area contributed by atoms with Crippen molar-refractivity contribution in [3.63, 3.8) is 0 Å². The van der Waals surface area contributed by atoms with E-state index in [0.29, 0.717) is 11.6 Å². The summed E-state index contributed by atoms with van der Waals surface area (Å²) >= 11 is 0. The molecular weight excluding hydrogens is 746 g/mol. The maximum absolute atomic E-state index is 15.5. The molecule has 0 atom stereocenters. The molecule has 6 aromatic rings. The van der Waals surface area contributed by atoms with Crippen molar-refractivity contribution in [2.24, 2.45) is 11.5 Å². The summed E-state index contributed by atoms with van der Waals surface area (Å²) in [6.45, 7) is -0.280. The number of carbonyl (C=O) groups excluding carboxylic acids is 4. The van der Waals surface area contributed by atoms with Crippen LogP contribution >= 0.6 is 0 Å². The van der Waals surface area contributed by atoms with Crippen LogP contribution in [0.3, 0.4) is 0 Å². The topological polar surface area (TPSA) is 250 Å². The van der Waals surface area contributed by atoms with Crippen molar-refractivity contribution < 1.29 is 37.4 Å². The lowest BCUT2D eigenvalue weighted by molar-refractivity contribution is 0.0508. The maximum atomic E-state index is 15.5. The van der Waals surface area contributed by atoms with Gasteiger partial charge in [0.2, 0.25) is 0 Å². The Morgan fingerprint density at radius 1 is 0.632 bits per heavy atom. The Morgan fingerprint density at radius 3 is 1.42 bits per heavy atom. The number of benzene rings is 2. The highest BCUT2D eigenvalue weighted by Crippen LogP contribution is 2.27. The molecule has 0 unspecified atom stereocenters. The number of nitrogens with zero attached hydrogens (tertiary/aromatic N) is 8. The van der Waals surface area contributed by atoms with Crippen molar-refractivity contribution in [1.82, 2.24) is 39.5 Å². The lowest BCUT2D eigenvalue weighted by Gasteiger charge is -2.15. The molecule has 6 N–H and O–H groups in total. The van der Waals surface area contributed by atoms with Gasteiger partial charge in [-0.25, -0.2) is 28.3 Å². The van der Waals surface area contributed by atoms with Gasteiger partial charge >= 0.3 is 11.9 Å². The van der Waals surface area contributed by atoms with Gasteiger partial charge in [0.1, 0.15) is 37.5 Å². The Hall–Kier alpha value is -7.32. The molecule has 0 aliphatic rings. The van der Waals surface area contributed by atoms with Gasteiger partial charge in [0.15, 0.2) is 23.0 Å². The number of nitrogens with one attached hydrogen (secondary N) is 2. The Bertz CT molecular complexity index is 2190. The predicted octanol–water partition coefficient (Wildman–Crippen LogP) is 2.83. The fourth-order valence-electron chi connectivity index (χ4n) is 5.42. The summed E-state index contributed by atoms with van der Waals surface area (Å²) < 4.78 is 44.4. The molecular formula is C37H34F2N12O6. The summed E-state index contributed by atoms with van der Waals surface area (Å²) in [5, 5.41) is 21.1. The number of ether oxygens (including phenoxy) is 2. The van der Waals surface area contributed by atoms with Gasteiger partial charge in [0.05, 0.1) is 22.5 Å². The summed E-state index contributed by atoms with van der Waals surface area (Å²) in [7, 11) is 0. The Balaban J connectivity index is 1.20. The minimum atomic E-state index is -0.926. The van der Waals surface area contributed by atoms with Gasteiger partial charge in [-0.05, 0) is 78.9 Å². The Morgan fingerprint density at radius 2 is 1.07 bits per heavy atom. The number of anilines is 2. The summed E-state index contributed by atoms with van der Waals surface area (Å²) in [4.78, 5) is 60.0. The zero-order chi connectivity index (χ0) is 40.3. The number of amides is 2. The Kier molecular flexibility index (Phi) is 12.7. The summed E-state index contributed by atoms with van der Waals surface area (Å²) in [5.41, 5.74) is 10.2.